The largest absolute Gasteiger partial charge is 0.484 e. The van der Waals surface area contributed by atoms with E-state index in [2.05, 4.69) is 5.32 Å². The summed E-state index contributed by atoms with van der Waals surface area (Å²) >= 11 is 0. The van der Waals surface area contributed by atoms with Crippen LogP contribution in [0.25, 0.3) is 0 Å². The summed E-state index contributed by atoms with van der Waals surface area (Å²) in [5, 5.41) is 22.6. The van der Waals surface area contributed by atoms with E-state index in [1.54, 1.807) is 12.1 Å². The molecular weight excluding hydrogens is 224 g/mol. The van der Waals surface area contributed by atoms with E-state index in [9.17, 15) is 10.1 Å². The number of ether oxygens (including phenoxy) is 1. The van der Waals surface area contributed by atoms with Crippen LogP contribution in [0.3, 0.4) is 0 Å². The molecule has 0 heterocycles. The second-order valence-electron chi connectivity index (χ2n) is 3.41. The number of nitro groups is 1. The quantitative estimate of drug-likeness (QED) is 0.560. The highest BCUT2D eigenvalue weighted by Gasteiger charge is 2.20. The molecule has 0 unspecified atom stereocenters. The van der Waals surface area contributed by atoms with Crippen LogP contribution < -0.4 is 10.1 Å². The zero-order valence-corrected chi connectivity index (χ0v) is 9.68. The first kappa shape index (κ1) is 13.2. The first-order valence-corrected chi connectivity index (χ1v) is 5.45. The number of hydrogen-bond acceptors (Lipinski definition) is 5. The molecule has 0 spiro atoms. The summed E-state index contributed by atoms with van der Waals surface area (Å²) in [7, 11) is 0. The number of nitrogens with one attached hydrogen (secondary N) is 1. The molecule has 0 fully saturated rings. The van der Waals surface area contributed by atoms with Gasteiger partial charge in [-0.15, -0.1) is 0 Å². The Morgan fingerprint density at radius 2 is 2.29 bits per heavy atom. The standard InChI is InChI=1S/C11H16N2O4/c1-2-6-12-9-4-3-5-10(17-8-7-14)11(9)13(15)16/h3-5,12,14H,2,6-8H2,1H3. The lowest BCUT2D eigenvalue weighted by atomic mass is 10.2. The van der Waals surface area contributed by atoms with Crippen molar-refractivity contribution in [1.29, 1.82) is 0 Å². The molecule has 17 heavy (non-hydrogen) atoms. The van der Waals surface area contributed by atoms with Crippen molar-refractivity contribution in [1.82, 2.24) is 0 Å². The van der Waals surface area contributed by atoms with E-state index in [0.717, 1.165) is 6.42 Å². The lowest BCUT2D eigenvalue weighted by molar-refractivity contribution is -0.385. The highest BCUT2D eigenvalue weighted by atomic mass is 16.6. The maximum Gasteiger partial charge on any atom is 0.333 e. The van der Waals surface area contributed by atoms with Gasteiger partial charge in [-0.25, -0.2) is 0 Å². The van der Waals surface area contributed by atoms with Crippen LogP contribution in [-0.4, -0.2) is 29.8 Å². The molecule has 0 radical (unpaired) electrons. The molecule has 6 nitrogen and oxygen atoms in total. The van der Waals surface area contributed by atoms with E-state index in [1.807, 2.05) is 6.92 Å². The number of anilines is 1. The zero-order chi connectivity index (χ0) is 12.7. The van der Waals surface area contributed by atoms with Crippen LogP contribution in [0.5, 0.6) is 5.75 Å². The van der Waals surface area contributed by atoms with Crippen molar-refractivity contribution in [3.63, 3.8) is 0 Å². The summed E-state index contributed by atoms with van der Waals surface area (Å²) in [5.41, 5.74) is 0.349. The molecule has 2 N–H and O–H groups in total. The number of hydrogen-bond donors (Lipinski definition) is 2. The van der Waals surface area contributed by atoms with Crippen molar-refractivity contribution >= 4 is 11.4 Å². The first-order chi connectivity index (χ1) is 8.20. The van der Waals surface area contributed by atoms with Crippen LogP contribution in [0, 0.1) is 10.1 Å². The average Bonchev–Trinajstić information content (AvgIpc) is 2.33. The van der Waals surface area contributed by atoms with Gasteiger partial charge in [0, 0.05) is 6.54 Å². The van der Waals surface area contributed by atoms with Gasteiger partial charge in [0.25, 0.3) is 0 Å². The molecule has 0 aliphatic heterocycles. The molecule has 0 atom stereocenters. The van der Waals surface area contributed by atoms with E-state index in [1.165, 1.54) is 6.07 Å². The van der Waals surface area contributed by atoms with Crippen LogP contribution in [0.1, 0.15) is 13.3 Å². The Kier molecular flexibility index (Phi) is 5.22. The molecule has 0 bridgehead atoms. The van der Waals surface area contributed by atoms with Crippen molar-refractivity contribution in [2.75, 3.05) is 25.1 Å². The van der Waals surface area contributed by atoms with Crippen molar-refractivity contribution in [3.8, 4) is 5.75 Å². The molecule has 1 aromatic carbocycles. The van der Waals surface area contributed by atoms with Crippen LogP contribution >= 0.6 is 0 Å². The molecule has 0 amide bonds. The molecule has 0 saturated carbocycles. The van der Waals surface area contributed by atoms with E-state index >= 15 is 0 Å². The van der Waals surface area contributed by atoms with Crippen LogP contribution in [0.2, 0.25) is 0 Å². The van der Waals surface area contributed by atoms with Crippen LogP contribution in [0.4, 0.5) is 11.4 Å². The smallest absolute Gasteiger partial charge is 0.333 e. The number of aliphatic hydroxyl groups is 1. The first-order valence-electron chi connectivity index (χ1n) is 5.45. The molecule has 1 rings (SSSR count). The lowest BCUT2D eigenvalue weighted by Crippen LogP contribution is -2.07. The van der Waals surface area contributed by atoms with Crippen molar-refractivity contribution in [2.24, 2.45) is 0 Å². The molecule has 1 aromatic rings. The highest BCUT2D eigenvalue weighted by molar-refractivity contribution is 5.68. The average molecular weight is 240 g/mol. The molecule has 0 aliphatic carbocycles. The summed E-state index contributed by atoms with van der Waals surface area (Å²) in [6, 6.07) is 4.84. The minimum Gasteiger partial charge on any atom is -0.484 e. The summed E-state index contributed by atoms with van der Waals surface area (Å²) in [4.78, 5) is 10.5. The predicted molar refractivity (Wildman–Crippen MR) is 64.5 cm³/mol. The Balaban J connectivity index is 2.99. The Hall–Kier alpha value is -1.82. The highest BCUT2D eigenvalue weighted by Crippen LogP contribution is 2.34. The van der Waals surface area contributed by atoms with E-state index in [-0.39, 0.29) is 24.7 Å². The minimum absolute atomic E-state index is 0.0398. The third kappa shape index (κ3) is 3.60. The van der Waals surface area contributed by atoms with Gasteiger partial charge >= 0.3 is 5.69 Å². The van der Waals surface area contributed by atoms with E-state index in [4.69, 9.17) is 9.84 Å². The number of nitro benzene ring substituents is 1. The van der Waals surface area contributed by atoms with Gasteiger partial charge in [0.2, 0.25) is 0 Å². The molecule has 0 aliphatic rings. The van der Waals surface area contributed by atoms with Crippen LogP contribution in [0.15, 0.2) is 18.2 Å². The summed E-state index contributed by atoms with van der Waals surface area (Å²) < 4.78 is 5.14. The zero-order valence-electron chi connectivity index (χ0n) is 9.68. The lowest BCUT2D eigenvalue weighted by Gasteiger charge is -2.09. The molecule has 0 saturated heterocycles. The second-order valence-corrected chi connectivity index (χ2v) is 3.41. The van der Waals surface area contributed by atoms with Gasteiger partial charge in [-0.2, -0.15) is 0 Å². The van der Waals surface area contributed by atoms with Gasteiger partial charge in [0.1, 0.15) is 12.3 Å². The van der Waals surface area contributed by atoms with Gasteiger partial charge in [-0.05, 0) is 18.6 Å². The van der Waals surface area contributed by atoms with E-state index < -0.39 is 4.92 Å². The summed E-state index contributed by atoms with van der Waals surface area (Å²) in [5.74, 6) is 0.171. The Bertz CT molecular complexity index is 355. The summed E-state index contributed by atoms with van der Waals surface area (Å²) in [6.07, 6.45) is 0.874. The number of aliphatic hydroxyl groups excluding tert-OH is 1. The normalized spacial score (nSPS) is 10.0. The minimum atomic E-state index is -0.481. The number of rotatable bonds is 7. The topological polar surface area (TPSA) is 84.6 Å². The fraction of sp³-hybridized carbons (Fsp3) is 0.455. The Labute approximate surface area is 99.4 Å². The second kappa shape index (κ2) is 6.70. The fourth-order valence-corrected chi connectivity index (χ4v) is 1.39. The van der Waals surface area contributed by atoms with Crippen molar-refractivity contribution < 1.29 is 14.8 Å². The SMILES string of the molecule is CCCNc1cccc(OCCO)c1[N+](=O)[O-]. The summed E-state index contributed by atoms with van der Waals surface area (Å²) in [6.45, 7) is 2.50. The monoisotopic (exact) mass is 240 g/mol. The van der Waals surface area contributed by atoms with Gasteiger partial charge < -0.3 is 15.2 Å². The molecular formula is C11H16N2O4. The van der Waals surface area contributed by atoms with Gasteiger partial charge in [0.05, 0.1) is 11.5 Å². The van der Waals surface area contributed by atoms with Gasteiger partial charge in [0.15, 0.2) is 5.75 Å². The van der Waals surface area contributed by atoms with Crippen molar-refractivity contribution in [3.05, 3.63) is 28.3 Å². The van der Waals surface area contributed by atoms with Crippen molar-refractivity contribution in [2.45, 2.75) is 13.3 Å². The van der Waals surface area contributed by atoms with Crippen LogP contribution in [-0.2, 0) is 0 Å². The molecule has 0 aromatic heterocycles. The molecule has 6 heteroatoms. The number of benzene rings is 1. The number of nitrogens with zero attached hydrogens (tertiary/aromatic N) is 1. The maximum atomic E-state index is 11.0. The maximum absolute atomic E-state index is 11.0. The third-order valence-electron chi connectivity index (χ3n) is 2.10. The molecule has 94 valence electrons. The Morgan fingerprint density at radius 3 is 2.88 bits per heavy atom. The predicted octanol–water partition coefficient (Wildman–Crippen LogP) is 1.79. The van der Waals surface area contributed by atoms with E-state index in [0.29, 0.717) is 12.2 Å². The van der Waals surface area contributed by atoms with Gasteiger partial charge in [-0.1, -0.05) is 13.0 Å². The number of para-hydroxylation sites is 1. The fourth-order valence-electron chi connectivity index (χ4n) is 1.39. The Morgan fingerprint density at radius 1 is 1.53 bits per heavy atom. The van der Waals surface area contributed by atoms with Gasteiger partial charge in [-0.3, -0.25) is 10.1 Å². The third-order valence-corrected chi connectivity index (χ3v) is 2.10.